The van der Waals surface area contributed by atoms with Crippen LogP contribution in [0.4, 0.5) is 0 Å². The number of aryl methyl sites for hydroxylation is 1. The van der Waals surface area contributed by atoms with Gasteiger partial charge in [0.1, 0.15) is 0 Å². The van der Waals surface area contributed by atoms with Gasteiger partial charge in [0, 0.05) is 6.04 Å². The van der Waals surface area contributed by atoms with Gasteiger partial charge in [0.2, 0.25) is 0 Å². The standard InChI is InChI=1S/C18H31N/c1-6-7-16(5)18(13-19-14(2)3)12-17-10-8-15(4)9-11-17/h8-11,14,16,18-19H,6-7,12-13H2,1-5H3. The Morgan fingerprint density at radius 1 is 1.05 bits per heavy atom. The van der Waals surface area contributed by atoms with Crippen molar-refractivity contribution >= 4 is 0 Å². The summed E-state index contributed by atoms with van der Waals surface area (Å²) in [7, 11) is 0. The molecular weight excluding hydrogens is 230 g/mol. The molecule has 0 aromatic heterocycles. The molecule has 1 aromatic carbocycles. The van der Waals surface area contributed by atoms with Crippen LogP contribution in [0.1, 0.15) is 51.7 Å². The topological polar surface area (TPSA) is 12.0 Å². The van der Waals surface area contributed by atoms with Crippen molar-refractivity contribution in [3.05, 3.63) is 35.4 Å². The predicted octanol–water partition coefficient (Wildman–Crippen LogP) is 4.59. The molecule has 0 fully saturated rings. The molecular formula is C18H31N. The van der Waals surface area contributed by atoms with Crippen molar-refractivity contribution in [1.29, 1.82) is 0 Å². The third-order valence-corrected chi connectivity index (χ3v) is 3.96. The molecule has 1 N–H and O–H groups in total. The first-order valence-electron chi connectivity index (χ1n) is 7.81. The smallest absolute Gasteiger partial charge is 0.00104 e. The fraction of sp³-hybridized carbons (Fsp3) is 0.667. The normalized spacial score (nSPS) is 14.6. The maximum atomic E-state index is 3.62. The van der Waals surface area contributed by atoms with Crippen LogP contribution in [0, 0.1) is 18.8 Å². The third-order valence-electron chi connectivity index (χ3n) is 3.96. The van der Waals surface area contributed by atoms with Crippen LogP contribution >= 0.6 is 0 Å². The summed E-state index contributed by atoms with van der Waals surface area (Å²) in [6.07, 6.45) is 3.81. The van der Waals surface area contributed by atoms with Crippen molar-refractivity contribution in [3.63, 3.8) is 0 Å². The number of hydrogen-bond acceptors (Lipinski definition) is 1. The van der Waals surface area contributed by atoms with Crippen LogP contribution in [0.3, 0.4) is 0 Å². The molecule has 108 valence electrons. The molecule has 1 nitrogen and oxygen atoms in total. The maximum absolute atomic E-state index is 3.62. The molecule has 0 spiro atoms. The number of benzene rings is 1. The lowest BCUT2D eigenvalue weighted by atomic mass is 9.85. The van der Waals surface area contributed by atoms with Gasteiger partial charge in [0.05, 0.1) is 0 Å². The highest BCUT2D eigenvalue weighted by Gasteiger charge is 2.17. The van der Waals surface area contributed by atoms with Crippen LogP contribution in [0.15, 0.2) is 24.3 Å². The van der Waals surface area contributed by atoms with Crippen LogP contribution in [0.25, 0.3) is 0 Å². The van der Waals surface area contributed by atoms with Gasteiger partial charge in [-0.2, -0.15) is 0 Å². The van der Waals surface area contributed by atoms with E-state index in [0.717, 1.165) is 18.4 Å². The first kappa shape index (κ1) is 16.2. The maximum Gasteiger partial charge on any atom is 0.00104 e. The van der Waals surface area contributed by atoms with E-state index in [2.05, 4.69) is 64.2 Å². The Labute approximate surface area is 119 Å². The Hall–Kier alpha value is -0.820. The second-order valence-corrected chi connectivity index (χ2v) is 6.28. The zero-order chi connectivity index (χ0) is 14.3. The molecule has 0 saturated heterocycles. The van der Waals surface area contributed by atoms with Crippen LogP contribution in [-0.2, 0) is 6.42 Å². The van der Waals surface area contributed by atoms with Crippen molar-refractivity contribution in [2.24, 2.45) is 11.8 Å². The van der Waals surface area contributed by atoms with E-state index in [1.807, 2.05) is 0 Å². The lowest BCUT2D eigenvalue weighted by Gasteiger charge is -2.25. The van der Waals surface area contributed by atoms with Gasteiger partial charge >= 0.3 is 0 Å². The van der Waals surface area contributed by atoms with Crippen LogP contribution in [-0.4, -0.2) is 12.6 Å². The lowest BCUT2D eigenvalue weighted by molar-refractivity contribution is 0.310. The van der Waals surface area contributed by atoms with Gasteiger partial charge in [0.25, 0.3) is 0 Å². The quantitative estimate of drug-likeness (QED) is 0.722. The zero-order valence-corrected chi connectivity index (χ0v) is 13.4. The van der Waals surface area contributed by atoms with Crippen LogP contribution in [0.2, 0.25) is 0 Å². The Balaban J connectivity index is 2.64. The first-order valence-corrected chi connectivity index (χ1v) is 7.81. The van der Waals surface area contributed by atoms with Crippen LogP contribution < -0.4 is 5.32 Å². The molecule has 2 unspecified atom stereocenters. The Morgan fingerprint density at radius 2 is 1.68 bits per heavy atom. The highest BCUT2D eigenvalue weighted by molar-refractivity contribution is 5.21. The molecule has 1 aromatic rings. The molecule has 1 heteroatoms. The fourth-order valence-corrected chi connectivity index (χ4v) is 2.58. The molecule has 19 heavy (non-hydrogen) atoms. The summed E-state index contributed by atoms with van der Waals surface area (Å²) in [5.41, 5.74) is 2.83. The summed E-state index contributed by atoms with van der Waals surface area (Å²) in [5, 5.41) is 3.62. The third kappa shape index (κ3) is 6.24. The van der Waals surface area contributed by atoms with E-state index in [0.29, 0.717) is 6.04 Å². The number of rotatable bonds is 8. The molecule has 0 aliphatic carbocycles. The van der Waals surface area contributed by atoms with E-state index in [-0.39, 0.29) is 0 Å². The first-order chi connectivity index (χ1) is 9.02. The molecule has 2 atom stereocenters. The van der Waals surface area contributed by atoms with E-state index in [9.17, 15) is 0 Å². The molecule has 0 bridgehead atoms. The second-order valence-electron chi connectivity index (χ2n) is 6.28. The monoisotopic (exact) mass is 261 g/mol. The predicted molar refractivity (Wildman–Crippen MR) is 85.6 cm³/mol. The number of nitrogens with one attached hydrogen (secondary N) is 1. The average molecular weight is 261 g/mol. The summed E-state index contributed by atoms with van der Waals surface area (Å²) in [5.74, 6) is 1.53. The number of hydrogen-bond donors (Lipinski definition) is 1. The largest absolute Gasteiger partial charge is 0.314 e. The minimum absolute atomic E-state index is 0.578. The van der Waals surface area contributed by atoms with Gasteiger partial charge < -0.3 is 5.32 Å². The van der Waals surface area contributed by atoms with E-state index in [1.54, 1.807) is 0 Å². The average Bonchev–Trinajstić information content (AvgIpc) is 2.36. The molecule has 0 heterocycles. The molecule has 0 saturated carbocycles. The van der Waals surface area contributed by atoms with Gasteiger partial charge in [-0.1, -0.05) is 70.4 Å². The minimum Gasteiger partial charge on any atom is -0.314 e. The summed E-state index contributed by atoms with van der Waals surface area (Å²) in [4.78, 5) is 0. The summed E-state index contributed by atoms with van der Waals surface area (Å²) >= 11 is 0. The Kier molecular flexibility index (Phi) is 7.15. The molecule has 0 amide bonds. The van der Waals surface area contributed by atoms with E-state index in [4.69, 9.17) is 0 Å². The minimum atomic E-state index is 0.578. The zero-order valence-electron chi connectivity index (χ0n) is 13.4. The lowest BCUT2D eigenvalue weighted by Crippen LogP contribution is -2.33. The van der Waals surface area contributed by atoms with Gasteiger partial charge in [-0.3, -0.25) is 0 Å². The van der Waals surface area contributed by atoms with Crippen molar-refractivity contribution in [3.8, 4) is 0 Å². The van der Waals surface area contributed by atoms with Crippen molar-refractivity contribution in [2.75, 3.05) is 6.54 Å². The van der Waals surface area contributed by atoms with Gasteiger partial charge in [-0.25, -0.2) is 0 Å². The van der Waals surface area contributed by atoms with Gasteiger partial charge in [-0.05, 0) is 37.3 Å². The fourth-order valence-electron chi connectivity index (χ4n) is 2.58. The highest BCUT2D eigenvalue weighted by Crippen LogP contribution is 2.21. The second kappa shape index (κ2) is 8.37. The SMILES string of the molecule is CCCC(C)C(CNC(C)C)Cc1ccc(C)cc1. The molecule has 0 radical (unpaired) electrons. The molecule has 0 aliphatic heterocycles. The van der Waals surface area contributed by atoms with E-state index < -0.39 is 0 Å². The molecule has 0 aliphatic rings. The van der Waals surface area contributed by atoms with E-state index >= 15 is 0 Å². The summed E-state index contributed by atoms with van der Waals surface area (Å²) in [6.45, 7) is 12.4. The van der Waals surface area contributed by atoms with Gasteiger partial charge in [0.15, 0.2) is 0 Å². The Morgan fingerprint density at radius 3 is 2.21 bits per heavy atom. The van der Waals surface area contributed by atoms with E-state index in [1.165, 1.54) is 30.4 Å². The summed E-state index contributed by atoms with van der Waals surface area (Å²) in [6, 6.07) is 9.61. The summed E-state index contributed by atoms with van der Waals surface area (Å²) < 4.78 is 0. The van der Waals surface area contributed by atoms with Crippen molar-refractivity contribution < 1.29 is 0 Å². The van der Waals surface area contributed by atoms with Crippen molar-refractivity contribution in [1.82, 2.24) is 5.32 Å². The van der Waals surface area contributed by atoms with Crippen LogP contribution in [0.5, 0.6) is 0 Å². The van der Waals surface area contributed by atoms with Crippen molar-refractivity contribution in [2.45, 2.75) is 59.9 Å². The molecule has 1 rings (SSSR count). The Bertz CT molecular complexity index is 339. The highest BCUT2D eigenvalue weighted by atomic mass is 14.9. The van der Waals surface area contributed by atoms with Gasteiger partial charge in [-0.15, -0.1) is 0 Å².